The Balaban J connectivity index is 1.92. The smallest absolute Gasteiger partial charge is 0.0654 e. The monoisotopic (exact) mass is 519 g/mol. The van der Waals surface area contributed by atoms with E-state index in [1.807, 2.05) is 0 Å². The highest BCUT2D eigenvalue weighted by molar-refractivity contribution is 7.16. The van der Waals surface area contributed by atoms with Crippen LogP contribution in [0.25, 0.3) is 0 Å². The van der Waals surface area contributed by atoms with Crippen LogP contribution in [0.15, 0.2) is 96.1 Å². The molecule has 0 amide bonds. The Bertz CT molecular complexity index is 1070. The maximum atomic E-state index is 2.47. The van der Waals surface area contributed by atoms with E-state index in [1.165, 1.54) is 81.9 Å². The minimum absolute atomic E-state index is 1.16. The molecule has 38 heavy (non-hydrogen) atoms. The summed E-state index contributed by atoms with van der Waals surface area (Å²) in [6.07, 6.45) is 15.6. The first-order valence-corrected chi connectivity index (χ1v) is 17.1. The van der Waals surface area contributed by atoms with Crippen molar-refractivity contribution in [3.05, 3.63) is 118 Å². The zero-order valence-corrected chi connectivity index (χ0v) is 25.4. The van der Waals surface area contributed by atoms with E-state index in [0.717, 1.165) is 19.3 Å². The van der Waals surface area contributed by atoms with Gasteiger partial charge in [-0.25, -0.2) is 0 Å². The van der Waals surface area contributed by atoms with Crippen LogP contribution in [0.1, 0.15) is 89.8 Å². The molecule has 1 radical (unpaired) electrons. The molecule has 4 rings (SSSR count). The second-order valence-electron chi connectivity index (χ2n) is 11.2. The summed E-state index contributed by atoms with van der Waals surface area (Å²) in [6.45, 7) is 11.5. The van der Waals surface area contributed by atoms with Crippen LogP contribution in [0.2, 0.25) is 0 Å². The molecule has 0 unspecified atom stereocenters. The van der Waals surface area contributed by atoms with Crippen molar-refractivity contribution >= 4 is 23.6 Å². The molecule has 0 saturated carbocycles. The van der Waals surface area contributed by atoms with Gasteiger partial charge in [-0.1, -0.05) is 136 Å². The van der Waals surface area contributed by atoms with Crippen LogP contribution >= 0.6 is 0 Å². The zero-order valence-electron chi connectivity index (χ0n) is 24.4. The van der Waals surface area contributed by atoms with E-state index in [4.69, 9.17) is 0 Å². The molecule has 0 atom stereocenters. The van der Waals surface area contributed by atoms with Crippen molar-refractivity contribution in [2.24, 2.45) is 0 Å². The molecule has 0 fully saturated rings. The SMILES string of the molecule is CCCCc1ccc([Si]([C]2C(C)=CC=C2C)(c2ccc(CCCC)cc2)c2ccc(CCCC)cc2)cc1. The largest absolute Gasteiger partial charge is 0.163 e. The van der Waals surface area contributed by atoms with Crippen LogP contribution in [0, 0.1) is 5.54 Å². The average molecular weight is 520 g/mol. The van der Waals surface area contributed by atoms with Gasteiger partial charge in [0.2, 0.25) is 0 Å². The molecular formula is C37H47Si. The molecule has 0 aromatic heterocycles. The minimum Gasteiger partial charge on any atom is -0.0654 e. The molecule has 1 heteroatoms. The van der Waals surface area contributed by atoms with Crippen LogP contribution in [0.3, 0.4) is 0 Å². The Morgan fingerprint density at radius 1 is 0.447 bits per heavy atom. The lowest BCUT2D eigenvalue weighted by Crippen LogP contribution is -2.71. The first kappa shape index (κ1) is 28.4. The molecule has 0 bridgehead atoms. The van der Waals surface area contributed by atoms with E-state index in [9.17, 15) is 0 Å². The average Bonchev–Trinajstić information content (AvgIpc) is 3.29. The Kier molecular flexibility index (Phi) is 10.0. The van der Waals surface area contributed by atoms with Crippen molar-refractivity contribution in [3.8, 4) is 0 Å². The fraction of sp³-hybridized carbons (Fsp3) is 0.378. The molecule has 0 aliphatic heterocycles. The summed E-state index contributed by atoms with van der Waals surface area (Å²) in [5.41, 5.74) is 8.79. The lowest BCUT2D eigenvalue weighted by Gasteiger charge is -2.40. The molecule has 1 aliphatic carbocycles. The van der Waals surface area contributed by atoms with E-state index in [-0.39, 0.29) is 0 Å². The van der Waals surface area contributed by atoms with Crippen molar-refractivity contribution in [2.45, 2.75) is 92.4 Å². The van der Waals surface area contributed by atoms with Gasteiger partial charge in [0.05, 0.1) is 0 Å². The number of hydrogen-bond acceptors (Lipinski definition) is 0. The Morgan fingerprint density at radius 3 is 1.00 bits per heavy atom. The number of rotatable bonds is 13. The number of aryl methyl sites for hydroxylation is 3. The van der Waals surface area contributed by atoms with Gasteiger partial charge in [0.25, 0.3) is 0 Å². The quantitative estimate of drug-likeness (QED) is 0.158. The van der Waals surface area contributed by atoms with Crippen LogP contribution in [0.5, 0.6) is 0 Å². The van der Waals surface area contributed by atoms with Crippen molar-refractivity contribution < 1.29 is 0 Å². The topological polar surface area (TPSA) is 0 Å². The van der Waals surface area contributed by atoms with Gasteiger partial charge in [0.1, 0.15) is 0 Å². The molecule has 0 spiro atoms. The molecular weight excluding hydrogens is 472 g/mol. The third kappa shape index (κ3) is 5.99. The zero-order chi connectivity index (χ0) is 27.0. The van der Waals surface area contributed by atoms with Crippen molar-refractivity contribution in [2.75, 3.05) is 0 Å². The van der Waals surface area contributed by atoms with Gasteiger partial charge in [0.15, 0.2) is 8.07 Å². The van der Waals surface area contributed by atoms with Crippen molar-refractivity contribution in [1.29, 1.82) is 0 Å². The van der Waals surface area contributed by atoms with E-state index in [1.54, 1.807) is 5.54 Å². The predicted octanol–water partition coefficient (Wildman–Crippen LogP) is 8.20. The Labute approximate surface area is 233 Å². The third-order valence-electron chi connectivity index (χ3n) is 8.36. The van der Waals surface area contributed by atoms with Gasteiger partial charge < -0.3 is 0 Å². The normalized spacial score (nSPS) is 14.0. The van der Waals surface area contributed by atoms with Gasteiger partial charge in [-0.2, -0.15) is 0 Å². The van der Waals surface area contributed by atoms with E-state index in [0.29, 0.717) is 0 Å². The van der Waals surface area contributed by atoms with Crippen molar-refractivity contribution in [3.63, 3.8) is 0 Å². The van der Waals surface area contributed by atoms with E-state index >= 15 is 0 Å². The summed E-state index contributed by atoms with van der Waals surface area (Å²) >= 11 is 0. The third-order valence-corrected chi connectivity index (χ3v) is 13.5. The minimum atomic E-state index is -2.50. The highest BCUT2D eigenvalue weighted by Gasteiger charge is 2.49. The molecule has 0 N–H and O–H groups in total. The summed E-state index contributed by atoms with van der Waals surface area (Å²) in [7, 11) is -2.50. The molecule has 1 aliphatic rings. The summed E-state index contributed by atoms with van der Waals surface area (Å²) in [6, 6.07) is 29.3. The lowest BCUT2D eigenvalue weighted by molar-refractivity contribution is 0.795. The maximum Gasteiger partial charge on any atom is 0.163 e. The molecule has 0 saturated heterocycles. The van der Waals surface area contributed by atoms with Crippen LogP contribution in [-0.2, 0) is 19.3 Å². The first-order valence-electron chi connectivity index (χ1n) is 15.1. The van der Waals surface area contributed by atoms with Crippen molar-refractivity contribution in [1.82, 2.24) is 0 Å². The van der Waals surface area contributed by atoms with Crippen LogP contribution in [-0.4, -0.2) is 8.07 Å². The van der Waals surface area contributed by atoms with Crippen LogP contribution in [0.4, 0.5) is 0 Å². The first-order chi connectivity index (χ1) is 18.5. The highest BCUT2D eigenvalue weighted by atomic mass is 28.3. The molecule has 0 nitrogen and oxygen atoms in total. The lowest BCUT2D eigenvalue weighted by atomic mass is 10.1. The number of allylic oxidation sites excluding steroid dienone is 4. The fourth-order valence-corrected chi connectivity index (χ4v) is 11.4. The summed E-state index contributed by atoms with van der Waals surface area (Å²) in [5.74, 6) is 0. The standard InChI is InChI=1S/C37H47Si/c1-6-9-12-31-17-23-34(24-18-31)38(37-29(4)15-16-30(37)5,35-25-19-32(20-26-35)13-10-7-2)36-27-21-33(22-28-36)14-11-8-3/h15-28H,6-14H2,1-5H3. The second-order valence-corrected chi connectivity index (χ2v) is 15.0. The molecule has 0 heterocycles. The van der Waals surface area contributed by atoms with E-state index < -0.39 is 8.07 Å². The molecule has 199 valence electrons. The number of unbranched alkanes of at least 4 members (excludes halogenated alkanes) is 3. The summed E-state index contributed by atoms with van der Waals surface area (Å²) < 4.78 is 0. The van der Waals surface area contributed by atoms with Gasteiger partial charge >= 0.3 is 0 Å². The summed E-state index contributed by atoms with van der Waals surface area (Å²) in [4.78, 5) is 0. The molecule has 3 aromatic rings. The van der Waals surface area contributed by atoms with Gasteiger partial charge in [-0.15, -0.1) is 0 Å². The van der Waals surface area contributed by atoms with Gasteiger partial charge in [-0.3, -0.25) is 0 Å². The van der Waals surface area contributed by atoms with Gasteiger partial charge in [0, 0.05) is 5.54 Å². The summed E-state index contributed by atoms with van der Waals surface area (Å²) in [5, 5.41) is 4.49. The molecule has 3 aromatic carbocycles. The van der Waals surface area contributed by atoms with E-state index in [2.05, 4.69) is 120 Å². The fourth-order valence-electron chi connectivity index (χ4n) is 6.16. The number of hydrogen-bond donors (Lipinski definition) is 0. The van der Waals surface area contributed by atoms with Crippen LogP contribution < -0.4 is 15.6 Å². The highest BCUT2D eigenvalue weighted by Crippen LogP contribution is 2.37. The van der Waals surface area contributed by atoms with Gasteiger partial charge in [-0.05, 0) is 84.6 Å². The number of benzene rings is 3. The Morgan fingerprint density at radius 2 is 0.737 bits per heavy atom. The predicted molar refractivity (Wildman–Crippen MR) is 171 cm³/mol. The second kappa shape index (κ2) is 13.4. The maximum absolute atomic E-state index is 2.50. The Hall–Kier alpha value is -2.64.